The third-order valence-electron chi connectivity index (χ3n) is 3.86. The molecule has 2 heterocycles. The summed E-state index contributed by atoms with van der Waals surface area (Å²) in [6.07, 6.45) is 4.00. The predicted octanol–water partition coefficient (Wildman–Crippen LogP) is 5.30. The lowest BCUT2D eigenvalue weighted by Crippen LogP contribution is -1.84. The van der Waals surface area contributed by atoms with Gasteiger partial charge in [0.2, 0.25) is 0 Å². The van der Waals surface area contributed by atoms with Crippen molar-refractivity contribution in [3.63, 3.8) is 0 Å². The van der Waals surface area contributed by atoms with Gasteiger partial charge in [-0.1, -0.05) is 11.8 Å². The first-order valence-corrected chi connectivity index (χ1v) is 8.59. The standard InChI is InChI=1S/C20H15FN2OS/c1-24-16-6-8-17(9-7-16)25-18-10-11-20-22-19(13-23(20)12-18)14-2-4-15(21)5-3-14/h2-13H,1H3. The number of imidazole rings is 1. The Balaban J connectivity index is 1.62. The van der Waals surface area contributed by atoms with E-state index in [2.05, 4.69) is 4.98 Å². The molecule has 0 aliphatic rings. The zero-order valence-corrected chi connectivity index (χ0v) is 14.3. The molecule has 0 bridgehead atoms. The fourth-order valence-corrected chi connectivity index (χ4v) is 3.42. The zero-order chi connectivity index (χ0) is 17.2. The van der Waals surface area contributed by atoms with Crippen molar-refractivity contribution in [1.29, 1.82) is 0 Å². The Kier molecular flexibility index (Phi) is 4.15. The summed E-state index contributed by atoms with van der Waals surface area (Å²) in [6, 6.07) is 18.4. The minimum atomic E-state index is -0.245. The molecule has 0 aliphatic carbocycles. The third kappa shape index (κ3) is 3.37. The molecule has 0 aliphatic heterocycles. The molecule has 124 valence electrons. The molecular formula is C20H15FN2OS. The van der Waals surface area contributed by atoms with Crippen molar-refractivity contribution in [3.05, 3.63) is 78.9 Å². The van der Waals surface area contributed by atoms with Crippen LogP contribution in [0.2, 0.25) is 0 Å². The number of halogens is 1. The van der Waals surface area contributed by atoms with E-state index in [1.807, 2.05) is 53.2 Å². The minimum Gasteiger partial charge on any atom is -0.497 e. The van der Waals surface area contributed by atoms with Crippen LogP contribution in [0.3, 0.4) is 0 Å². The molecule has 3 nitrogen and oxygen atoms in total. The second kappa shape index (κ2) is 6.61. The van der Waals surface area contributed by atoms with Gasteiger partial charge < -0.3 is 9.14 Å². The monoisotopic (exact) mass is 350 g/mol. The maximum Gasteiger partial charge on any atom is 0.137 e. The highest BCUT2D eigenvalue weighted by molar-refractivity contribution is 7.99. The van der Waals surface area contributed by atoms with Crippen LogP contribution in [0.4, 0.5) is 4.39 Å². The van der Waals surface area contributed by atoms with Crippen molar-refractivity contribution >= 4 is 17.4 Å². The predicted molar refractivity (Wildman–Crippen MR) is 97.7 cm³/mol. The van der Waals surface area contributed by atoms with Crippen molar-refractivity contribution in [2.24, 2.45) is 0 Å². The molecule has 2 aromatic heterocycles. The average Bonchev–Trinajstić information content (AvgIpc) is 3.06. The van der Waals surface area contributed by atoms with E-state index in [0.717, 1.165) is 32.4 Å². The van der Waals surface area contributed by atoms with Gasteiger partial charge in [-0.15, -0.1) is 0 Å². The lowest BCUT2D eigenvalue weighted by Gasteiger charge is -2.04. The summed E-state index contributed by atoms with van der Waals surface area (Å²) in [6.45, 7) is 0. The Hall–Kier alpha value is -2.79. The van der Waals surface area contributed by atoms with Crippen molar-refractivity contribution in [2.45, 2.75) is 9.79 Å². The second-order valence-electron chi connectivity index (χ2n) is 5.54. The van der Waals surface area contributed by atoms with Gasteiger partial charge in [-0.05, 0) is 60.7 Å². The van der Waals surface area contributed by atoms with Gasteiger partial charge in [0.15, 0.2) is 0 Å². The Morgan fingerprint density at radius 1 is 0.880 bits per heavy atom. The van der Waals surface area contributed by atoms with Gasteiger partial charge in [0.1, 0.15) is 17.2 Å². The van der Waals surface area contributed by atoms with E-state index in [9.17, 15) is 4.39 Å². The van der Waals surface area contributed by atoms with E-state index >= 15 is 0 Å². The molecule has 0 saturated heterocycles. The number of hydrogen-bond acceptors (Lipinski definition) is 3. The largest absolute Gasteiger partial charge is 0.497 e. The molecule has 0 N–H and O–H groups in total. The highest BCUT2D eigenvalue weighted by atomic mass is 32.2. The molecule has 25 heavy (non-hydrogen) atoms. The summed E-state index contributed by atoms with van der Waals surface area (Å²) in [7, 11) is 1.66. The van der Waals surface area contributed by atoms with Gasteiger partial charge in [-0.2, -0.15) is 0 Å². The summed E-state index contributed by atoms with van der Waals surface area (Å²) in [4.78, 5) is 6.85. The Morgan fingerprint density at radius 3 is 2.32 bits per heavy atom. The van der Waals surface area contributed by atoms with Crippen LogP contribution >= 0.6 is 11.8 Å². The number of benzene rings is 2. The molecule has 4 rings (SSSR count). The van der Waals surface area contributed by atoms with Crippen molar-refractivity contribution in [3.8, 4) is 17.0 Å². The Bertz CT molecular complexity index is 1010. The van der Waals surface area contributed by atoms with E-state index in [1.165, 1.54) is 12.1 Å². The van der Waals surface area contributed by atoms with Crippen LogP contribution in [-0.4, -0.2) is 16.5 Å². The van der Waals surface area contributed by atoms with Crippen LogP contribution in [0.25, 0.3) is 16.9 Å². The van der Waals surface area contributed by atoms with Gasteiger partial charge >= 0.3 is 0 Å². The van der Waals surface area contributed by atoms with Gasteiger partial charge in [0.25, 0.3) is 0 Å². The first kappa shape index (κ1) is 15.7. The first-order chi connectivity index (χ1) is 12.2. The first-order valence-electron chi connectivity index (χ1n) is 7.78. The van der Waals surface area contributed by atoms with Crippen LogP contribution in [-0.2, 0) is 0 Å². The fourth-order valence-electron chi connectivity index (χ4n) is 2.57. The van der Waals surface area contributed by atoms with Gasteiger partial charge in [-0.3, -0.25) is 0 Å². The van der Waals surface area contributed by atoms with Crippen molar-refractivity contribution in [1.82, 2.24) is 9.38 Å². The van der Waals surface area contributed by atoms with Crippen LogP contribution in [0.1, 0.15) is 0 Å². The molecule has 0 saturated carbocycles. The highest BCUT2D eigenvalue weighted by Gasteiger charge is 2.06. The Morgan fingerprint density at radius 2 is 1.60 bits per heavy atom. The number of rotatable bonds is 4. The number of ether oxygens (including phenoxy) is 1. The second-order valence-corrected chi connectivity index (χ2v) is 6.69. The molecule has 5 heteroatoms. The maximum atomic E-state index is 13.1. The Labute approximate surface area is 149 Å². The lowest BCUT2D eigenvalue weighted by molar-refractivity contribution is 0.414. The highest BCUT2D eigenvalue weighted by Crippen LogP contribution is 2.30. The molecule has 0 amide bonds. The normalized spacial score (nSPS) is 11.0. The fraction of sp³-hybridized carbons (Fsp3) is 0.0500. The molecular weight excluding hydrogens is 335 g/mol. The molecule has 0 atom stereocenters. The van der Waals surface area contributed by atoms with Gasteiger partial charge in [0.05, 0.1) is 12.8 Å². The van der Waals surface area contributed by atoms with Gasteiger partial charge in [0, 0.05) is 27.7 Å². The summed E-state index contributed by atoms with van der Waals surface area (Å²) in [5, 5.41) is 0. The third-order valence-corrected chi connectivity index (χ3v) is 4.84. The number of aromatic nitrogens is 2. The number of nitrogens with zero attached hydrogens (tertiary/aromatic N) is 2. The molecule has 0 fully saturated rings. The minimum absolute atomic E-state index is 0.245. The smallest absolute Gasteiger partial charge is 0.137 e. The number of pyridine rings is 1. The topological polar surface area (TPSA) is 26.5 Å². The number of hydrogen-bond donors (Lipinski definition) is 0. The van der Waals surface area contributed by atoms with E-state index in [-0.39, 0.29) is 5.82 Å². The molecule has 4 aromatic rings. The summed E-state index contributed by atoms with van der Waals surface area (Å²) in [5.74, 6) is 0.601. The number of methoxy groups -OCH3 is 1. The SMILES string of the molecule is COc1ccc(Sc2ccc3nc(-c4ccc(F)cc4)cn3c2)cc1. The molecule has 2 aromatic carbocycles. The van der Waals surface area contributed by atoms with E-state index < -0.39 is 0 Å². The van der Waals surface area contributed by atoms with E-state index in [1.54, 1.807) is 31.0 Å². The van der Waals surface area contributed by atoms with Gasteiger partial charge in [-0.25, -0.2) is 9.37 Å². The number of fused-ring (bicyclic) bond motifs is 1. The zero-order valence-electron chi connectivity index (χ0n) is 13.5. The molecule has 0 radical (unpaired) electrons. The summed E-state index contributed by atoms with van der Waals surface area (Å²) in [5.41, 5.74) is 2.58. The lowest BCUT2D eigenvalue weighted by atomic mass is 10.2. The summed E-state index contributed by atoms with van der Waals surface area (Å²) >= 11 is 1.67. The van der Waals surface area contributed by atoms with Crippen LogP contribution in [0, 0.1) is 5.82 Å². The average molecular weight is 350 g/mol. The van der Waals surface area contributed by atoms with E-state index in [0.29, 0.717) is 0 Å². The quantitative estimate of drug-likeness (QED) is 0.500. The summed E-state index contributed by atoms with van der Waals surface area (Å²) < 4.78 is 20.3. The van der Waals surface area contributed by atoms with Crippen molar-refractivity contribution in [2.75, 3.05) is 7.11 Å². The van der Waals surface area contributed by atoms with Crippen LogP contribution < -0.4 is 4.74 Å². The van der Waals surface area contributed by atoms with E-state index in [4.69, 9.17) is 4.74 Å². The molecule has 0 spiro atoms. The van der Waals surface area contributed by atoms with Crippen LogP contribution in [0.15, 0.2) is 82.8 Å². The van der Waals surface area contributed by atoms with Crippen LogP contribution in [0.5, 0.6) is 5.75 Å². The maximum absolute atomic E-state index is 13.1. The molecule has 0 unspecified atom stereocenters. The van der Waals surface area contributed by atoms with Crippen molar-refractivity contribution < 1.29 is 9.13 Å².